The Morgan fingerprint density at radius 2 is 1.74 bits per heavy atom. The maximum Gasteiger partial charge on any atom is 0.142 e. The molecule has 0 saturated carbocycles. The van der Waals surface area contributed by atoms with E-state index in [1.807, 2.05) is 0 Å². The molecule has 1 unspecified atom stereocenters. The number of halogens is 5. The lowest BCUT2D eigenvalue weighted by atomic mass is 10.0. The van der Waals surface area contributed by atoms with Gasteiger partial charge in [-0.3, -0.25) is 0 Å². The Hall–Kier alpha value is -0.640. The first kappa shape index (κ1) is 14.8. The van der Waals surface area contributed by atoms with Crippen LogP contribution in [0.25, 0.3) is 0 Å². The molecule has 1 atom stereocenters. The zero-order valence-electron chi connectivity index (χ0n) is 9.85. The van der Waals surface area contributed by atoms with Gasteiger partial charge in [-0.1, -0.05) is 57.3 Å². The molecule has 0 aliphatic heterocycles. The van der Waals surface area contributed by atoms with Gasteiger partial charge in [0.1, 0.15) is 11.6 Å². The van der Waals surface area contributed by atoms with Gasteiger partial charge in [-0.15, -0.1) is 0 Å². The van der Waals surface area contributed by atoms with Gasteiger partial charge in [-0.25, -0.2) is 8.78 Å². The predicted octanol–water partition coefficient (Wildman–Crippen LogP) is 6.06. The summed E-state index contributed by atoms with van der Waals surface area (Å²) in [6.45, 7) is 1.64. The van der Waals surface area contributed by atoms with Crippen LogP contribution in [0.4, 0.5) is 8.78 Å². The third-order valence-electron chi connectivity index (χ3n) is 2.81. The van der Waals surface area contributed by atoms with Gasteiger partial charge in [0.2, 0.25) is 0 Å². The summed E-state index contributed by atoms with van der Waals surface area (Å²) in [5.41, 5.74) is 1.67. The highest BCUT2D eigenvalue weighted by molar-refractivity contribution is 9.09. The first-order valence-corrected chi connectivity index (χ1v) is 7.12. The van der Waals surface area contributed by atoms with Gasteiger partial charge < -0.3 is 0 Å². The average Bonchev–Trinajstić information content (AvgIpc) is 2.36. The second-order valence-electron chi connectivity index (χ2n) is 4.13. The van der Waals surface area contributed by atoms with E-state index < -0.39 is 10.6 Å². The molecule has 0 radical (unpaired) electrons. The molecule has 2 rings (SSSR count). The van der Waals surface area contributed by atoms with E-state index in [0.717, 1.165) is 0 Å². The number of hydrogen-bond acceptors (Lipinski definition) is 0. The lowest BCUT2D eigenvalue weighted by Crippen LogP contribution is -1.98. The Kier molecular flexibility index (Phi) is 4.49. The van der Waals surface area contributed by atoms with Crippen molar-refractivity contribution in [2.24, 2.45) is 0 Å². The number of alkyl halides is 1. The largest absolute Gasteiger partial charge is 0.207 e. The second-order valence-corrected chi connectivity index (χ2v) is 5.83. The van der Waals surface area contributed by atoms with Gasteiger partial charge in [0, 0.05) is 5.02 Å². The number of benzene rings is 2. The van der Waals surface area contributed by atoms with Crippen LogP contribution in [0.3, 0.4) is 0 Å². The van der Waals surface area contributed by atoms with E-state index in [-0.39, 0.29) is 15.9 Å². The van der Waals surface area contributed by atoms with Crippen LogP contribution in [0.2, 0.25) is 10.0 Å². The summed E-state index contributed by atoms with van der Waals surface area (Å²) >= 11 is 15.4. The summed E-state index contributed by atoms with van der Waals surface area (Å²) in [5, 5.41) is 0.299. The standard InChI is InChI=1S/C14H9BrCl2F2/c1-7-5-9(10(16)6-12(7)19)13(15)8-3-2-4-11(18)14(8)17/h2-6,13H,1H3. The molecule has 2 aromatic carbocycles. The van der Waals surface area contributed by atoms with Gasteiger partial charge in [-0.2, -0.15) is 0 Å². The van der Waals surface area contributed by atoms with E-state index in [1.165, 1.54) is 12.1 Å². The summed E-state index contributed by atoms with van der Waals surface area (Å²) in [7, 11) is 0. The summed E-state index contributed by atoms with van der Waals surface area (Å²) < 4.78 is 26.8. The molecule has 0 amide bonds. The zero-order chi connectivity index (χ0) is 14.2. The second kappa shape index (κ2) is 5.78. The molecular formula is C14H9BrCl2F2. The van der Waals surface area contributed by atoms with Gasteiger partial charge in [0.25, 0.3) is 0 Å². The van der Waals surface area contributed by atoms with Crippen LogP contribution in [0.5, 0.6) is 0 Å². The highest BCUT2D eigenvalue weighted by Crippen LogP contribution is 2.39. The summed E-state index contributed by atoms with van der Waals surface area (Å²) in [4.78, 5) is -0.400. The molecule has 0 spiro atoms. The minimum atomic E-state index is -0.501. The number of rotatable bonds is 2. The molecule has 2 aromatic rings. The first-order chi connectivity index (χ1) is 8.91. The van der Waals surface area contributed by atoms with E-state index >= 15 is 0 Å². The SMILES string of the molecule is Cc1cc(C(Br)c2cccc(F)c2Cl)c(Cl)cc1F. The lowest BCUT2D eigenvalue weighted by molar-refractivity contribution is 0.617. The van der Waals surface area contributed by atoms with Crippen LogP contribution >= 0.6 is 39.1 Å². The fourth-order valence-corrected chi connectivity index (χ4v) is 3.28. The van der Waals surface area contributed by atoms with Crippen LogP contribution in [0, 0.1) is 18.6 Å². The van der Waals surface area contributed by atoms with E-state index in [2.05, 4.69) is 15.9 Å². The number of hydrogen-bond donors (Lipinski definition) is 0. The predicted molar refractivity (Wildman–Crippen MR) is 78.3 cm³/mol. The first-order valence-electron chi connectivity index (χ1n) is 5.45. The minimum Gasteiger partial charge on any atom is -0.207 e. The van der Waals surface area contributed by atoms with E-state index in [1.54, 1.807) is 25.1 Å². The Morgan fingerprint density at radius 1 is 1.05 bits per heavy atom. The van der Waals surface area contributed by atoms with Crippen molar-refractivity contribution in [3.05, 3.63) is 68.7 Å². The molecule has 0 heterocycles. The van der Waals surface area contributed by atoms with Crippen molar-refractivity contribution in [1.29, 1.82) is 0 Å². The number of aryl methyl sites for hydroxylation is 1. The normalized spacial score (nSPS) is 12.5. The molecule has 0 saturated heterocycles. The topological polar surface area (TPSA) is 0 Å². The molecule has 0 N–H and O–H groups in total. The fourth-order valence-electron chi connectivity index (χ4n) is 1.76. The smallest absolute Gasteiger partial charge is 0.142 e. The van der Waals surface area contributed by atoms with E-state index in [4.69, 9.17) is 23.2 Å². The quantitative estimate of drug-likeness (QED) is 0.567. The van der Waals surface area contributed by atoms with Crippen molar-refractivity contribution in [3.8, 4) is 0 Å². The average molecular weight is 366 g/mol. The Morgan fingerprint density at radius 3 is 2.42 bits per heavy atom. The lowest BCUT2D eigenvalue weighted by Gasteiger charge is -2.15. The highest BCUT2D eigenvalue weighted by atomic mass is 79.9. The van der Waals surface area contributed by atoms with E-state index in [0.29, 0.717) is 16.7 Å². The van der Waals surface area contributed by atoms with Crippen molar-refractivity contribution < 1.29 is 8.78 Å². The van der Waals surface area contributed by atoms with Gasteiger partial charge in [0.15, 0.2) is 0 Å². The van der Waals surface area contributed by atoms with E-state index in [9.17, 15) is 8.78 Å². The van der Waals surface area contributed by atoms with Crippen LogP contribution in [0.15, 0.2) is 30.3 Å². The fraction of sp³-hybridized carbons (Fsp3) is 0.143. The maximum atomic E-state index is 13.5. The maximum absolute atomic E-state index is 13.5. The Balaban J connectivity index is 2.53. The van der Waals surface area contributed by atoms with Crippen molar-refractivity contribution in [1.82, 2.24) is 0 Å². The minimum absolute atomic E-state index is 0.0300. The molecule has 0 aliphatic carbocycles. The van der Waals surface area contributed by atoms with Crippen LogP contribution < -0.4 is 0 Å². The molecule has 0 aliphatic rings. The summed E-state index contributed by atoms with van der Waals surface area (Å²) in [6.07, 6.45) is 0. The molecular weight excluding hydrogens is 357 g/mol. The molecule has 0 nitrogen and oxygen atoms in total. The zero-order valence-corrected chi connectivity index (χ0v) is 13.0. The van der Waals surface area contributed by atoms with Crippen LogP contribution in [0.1, 0.15) is 21.5 Å². The summed E-state index contributed by atoms with van der Waals surface area (Å²) in [6, 6.07) is 7.41. The van der Waals surface area contributed by atoms with Crippen molar-refractivity contribution in [2.75, 3.05) is 0 Å². The van der Waals surface area contributed by atoms with Crippen LogP contribution in [-0.4, -0.2) is 0 Å². The van der Waals surface area contributed by atoms with Crippen molar-refractivity contribution >= 4 is 39.1 Å². The van der Waals surface area contributed by atoms with Gasteiger partial charge in [0.05, 0.1) is 9.85 Å². The molecule has 19 heavy (non-hydrogen) atoms. The molecule has 0 fully saturated rings. The van der Waals surface area contributed by atoms with Crippen molar-refractivity contribution in [3.63, 3.8) is 0 Å². The third-order valence-corrected chi connectivity index (χ3v) is 4.52. The Labute approximate surface area is 128 Å². The molecule has 5 heteroatoms. The molecule has 100 valence electrons. The molecule has 0 aromatic heterocycles. The summed E-state index contributed by atoms with van der Waals surface area (Å²) in [5.74, 6) is -0.877. The third kappa shape index (κ3) is 2.93. The van der Waals surface area contributed by atoms with Gasteiger partial charge >= 0.3 is 0 Å². The monoisotopic (exact) mass is 364 g/mol. The molecule has 0 bridgehead atoms. The highest BCUT2D eigenvalue weighted by Gasteiger charge is 2.19. The van der Waals surface area contributed by atoms with Gasteiger partial charge in [-0.05, 0) is 35.7 Å². The Bertz CT molecular complexity index is 629. The van der Waals surface area contributed by atoms with Crippen LogP contribution in [-0.2, 0) is 0 Å². The van der Waals surface area contributed by atoms with Crippen molar-refractivity contribution in [2.45, 2.75) is 11.8 Å².